The molecule has 4 rings (SSSR count). The lowest BCUT2D eigenvalue weighted by Crippen LogP contribution is -2.23. The van der Waals surface area contributed by atoms with Crippen LogP contribution < -0.4 is 0 Å². The largest absolute Gasteiger partial charge is 0.388 e. The Bertz CT molecular complexity index is 668. The van der Waals surface area contributed by atoms with Gasteiger partial charge in [-0.3, -0.25) is 4.99 Å². The molecule has 1 N–H and O–H groups in total. The predicted molar refractivity (Wildman–Crippen MR) is 83.1 cm³/mol. The van der Waals surface area contributed by atoms with E-state index in [1.165, 1.54) is 11.1 Å². The Hall–Kier alpha value is -2.13. The van der Waals surface area contributed by atoms with Gasteiger partial charge in [0.25, 0.3) is 0 Å². The van der Waals surface area contributed by atoms with Gasteiger partial charge >= 0.3 is 0 Å². The summed E-state index contributed by atoms with van der Waals surface area (Å²) in [5.41, 5.74) is 3.68. The van der Waals surface area contributed by atoms with Crippen LogP contribution in [0.25, 0.3) is 0 Å². The van der Waals surface area contributed by atoms with Crippen LogP contribution in [0.2, 0.25) is 0 Å². The third-order valence-corrected chi connectivity index (χ3v) is 4.56. The highest BCUT2D eigenvalue weighted by molar-refractivity contribution is 5.63. The summed E-state index contributed by atoms with van der Waals surface area (Å²) in [6.45, 7) is 0.828. The van der Waals surface area contributed by atoms with Crippen molar-refractivity contribution in [1.29, 1.82) is 0 Å². The van der Waals surface area contributed by atoms with Crippen LogP contribution in [-0.2, 0) is 0 Å². The average Bonchev–Trinajstić information content (AvgIpc) is 3.11. The fourth-order valence-corrected chi connectivity index (χ4v) is 3.52. The minimum absolute atomic E-state index is 0.215. The van der Waals surface area contributed by atoms with Crippen molar-refractivity contribution in [2.45, 2.75) is 24.6 Å². The maximum Gasteiger partial charge on any atom is 0.0861 e. The number of aliphatic hydroxyl groups is 1. The summed E-state index contributed by atoms with van der Waals surface area (Å²) in [6.07, 6.45) is 2.20. The van der Waals surface area contributed by atoms with Gasteiger partial charge in [0, 0.05) is 6.42 Å². The van der Waals surface area contributed by atoms with Gasteiger partial charge in [0.2, 0.25) is 0 Å². The molecule has 2 heterocycles. The van der Waals surface area contributed by atoms with Crippen LogP contribution in [0.15, 0.2) is 59.6 Å². The third kappa shape index (κ3) is 2.05. The van der Waals surface area contributed by atoms with Gasteiger partial charge in [0.1, 0.15) is 0 Å². The number of aliphatic imine (C=N–C) groups is 1. The van der Waals surface area contributed by atoms with E-state index < -0.39 is 6.10 Å². The van der Waals surface area contributed by atoms with E-state index in [0.29, 0.717) is 12.5 Å². The highest BCUT2D eigenvalue weighted by atomic mass is 16.3. The monoisotopic (exact) mass is 278 g/mol. The van der Waals surface area contributed by atoms with Crippen LogP contribution in [0.1, 0.15) is 41.3 Å². The van der Waals surface area contributed by atoms with Crippen LogP contribution in [0, 0.1) is 0 Å². The highest BCUT2D eigenvalue weighted by Gasteiger charge is 2.39. The number of hydrogen-bond acceptors (Lipinski definition) is 3. The Morgan fingerprint density at radius 3 is 2.57 bits per heavy atom. The van der Waals surface area contributed by atoms with Crippen molar-refractivity contribution in [2.75, 3.05) is 6.54 Å². The van der Waals surface area contributed by atoms with Crippen molar-refractivity contribution in [1.82, 2.24) is 4.90 Å². The highest BCUT2D eigenvalue weighted by Crippen LogP contribution is 2.46. The maximum atomic E-state index is 10.6. The van der Waals surface area contributed by atoms with Crippen LogP contribution in [-0.4, -0.2) is 22.9 Å². The molecule has 0 saturated heterocycles. The van der Waals surface area contributed by atoms with Crippen LogP contribution in [0.5, 0.6) is 0 Å². The SMILES string of the molecule is OC(CC1c2ccccc2C2CN=CN21)c1ccccc1. The van der Waals surface area contributed by atoms with Gasteiger partial charge in [-0.05, 0) is 16.7 Å². The van der Waals surface area contributed by atoms with Gasteiger partial charge in [0.15, 0.2) is 0 Å². The molecule has 2 aromatic rings. The number of benzene rings is 2. The smallest absolute Gasteiger partial charge is 0.0861 e. The summed E-state index contributed by atoms with van der Waals surface area (Å²) < 4.78 is 0. The van der Waals surface area contributed by atoms with E-state index in [2.05, 4.69) is 34.2 Å². The van der Waals surface area contributed by atoms with Gasteiger partial charge in [-0.1, -0.05) is 54.6 Å². The molecule has 0 fully saturated rings. The second-order valence-corrected chi connectivity index (χ2v) is 5.75. The Balaban J connectivity index is 1.64. The molecule has 3 heteroatoms. The normalized spacial score (nSPS) is 24.0. The first kappa shape index (κ1) is 12.6. The molecular formula is C18H18N2O. The lowest BCUT2D eigenvalue weighted by molar-refractivity contribution is 0.131. The Labute approximate surface area is 124 Å². The second-order valence-electron chi connectivity index (χ2n) is 5.75. The molecule has 106 valence electrons. The molecule has 2 aliphatic rings. The first-order chi connectivity index (χ1) is 10.3. The maximum absolute atomic E-state index is 10.6. The summed E-state index contributed by atoms with van der Waals surface area (Å²) >= 11 is 0. The van der Waals surface area contributed by atoms with E-state index in [9.17, 15) is 5.11 Å². The van der Waals surface area contributed by atoms with Crippen molar-refractivity contribution in [2.24, 2.45) is 4.99 Å². The zero-order chi connectivity index (χ0) is 14.2. The summed E-state index contributed by atoms with van der Waals surface area (Å²) in [7, 11) is 0. The molecule has 0 radical (unpaired) electrons. The van der Waals surface area contributed by atoms with Crippen LogP contribution >= 0.6 is 0 Å². The lowest BCUT2D eigenvalue weighted by atomic mass is 9.96. The molecule has 2 aliphatic heterocycles. The number of fused-ring (bicyclic) bond motifs is 3. The van der Waals surface area contributed by atoms with Gasteiger partial charge in [-0.25, -0.2) is 0 Å². The first-order valence-electron chi connectivity index (χ1n) is 7.44. The lowest BCUT2D eigenvalue weighted by Gasteiger charge is -2.26. The minimum Gasteiger partial charge on any atom is -0.388 e. The predicted octanol–water partition coefficient (Wildman–Crippen LogP) is 3.25. The van der Waals surface area contributed by atoms with E-state index in [4.69, 9.17) is 0 Å². The summed E-state index contributed by atoms with van der Waals surface area (Å²) in [5, 5.41) is 10.6. The summed E-state index contributed by atoms with van der Waals surface area (Å²) in [6, 6.07) is 19.0. The van der Waals surface area contributed by atoms with Crippen molar-refractivity contribution in [3.63, 3.8) is 0 Å². The molecule has 21 heavy (non-hydrogen) atoms. The summed E-state index contributed by atoms with van der Waals surface area (Å²) in [5.74, 6) is 0. The quantitative estimate of drug-likeness (QED) is 0.935. The third-order valence-electron chi connectivity index (χ3n) is 4.56. The second kappa shape index (κ2) is 5.01. The number of nitrogens with zero attached hydrogens (tertiary/aromatic N) is 2. The zero-order valence-corrected chi connectivity index (χ0v) is 11.8. The fourth-order valence-electron chi connectivity index (χ4n) is 3.52. The molecule has 0 bridgehead atoms. The summed E-state index contributed by atoms with van der Waals surface area (Å²) in [4.78, 5) is 6.72. The number of hydrogen-bond donors (Lipinski definition) is 1. The van der Waals surface area contributed by atoms with E-state index in [-0.39, 0.29) is 6.04 Å². The van der Waals surface area contributed by atoms with E-state index >= 15 is 0 Å². The molecule has 0 spiro atoms. The minimum atomic E-state index is -0.447. The molecule has 3 unspecified atom stereocenters. The molecule has 0 saturated carbocycles. The van der Waals surface area contributed by atoms with Crippen molar-refractivity contribution in [3.8, 4) is 0 Å². The average molecular weight is 278 g/mol. The number of rotatable bonds is 3. The van der Waals surface area contributed by atoms with Crippen molar-refractivity contribution >= 4 is 6.34 Å². The molecule has 0 amide bonds. The van der Waals surface area contributed by atoms with E-state index in [0.717, 1.165) is 12.1 Å². The van der Waals surface area contributed by atoms with E-state index in [1.54, 1.807) is 0 Å². The van der Waals surface area contributed by atoms with Gasteiger partial charge in [-0.15, -0.1) is 0 Å². The molecule has 0 aliphatic carbocycles. The molecule has 0 aromatic heterocycles. The number of aliphatic hydroxyl groups excluding tert-OH is 1. The van der Waals surface area contributed by atoms with Gasteiger partial charge in [0.05, 0.1) is 31.1 Å². The van der Waals surface area contributed by atoms with Gasteiger partial charge < -0.3 is 10.0 Å². The van der Waals surface area contributed by atoms with Crippen LogP contribution in [0.3, 0.4) is 0 Å². The molecular weight excluding hydrogens is 260 g/mol. The van der Waals surface area contributed by atoms with Crippen molar-refractivity contribution in [3.05, 3.63) is 71.3 Å². The molecule has 3 atom stereocenters. The Kier molecular flexibility index (Phi) is 3.00. The van der Waals surface area contributed by atoms with Crippen LogP contribution in [0.4, 0.5) is 0 Å². The molecule has 2 aromatic carbocycles. The van der Waals surface area contributed by atoms with Crippen molar-refractivity contribution < 1.29 is 5.11 Å². The topological polar surface area (TPSA) is 35.8 Å². The zero-order valence-electron chi connectivity index (χ0n) is 11.8. The van der Waals surface area contributed by atoms with Gasteiger partial charge in [-0.2, -0.15) is 0 Å². The first-order valence-corrected chi connectivity index (χ1v) is 7.44. The standard InChI is InChI=1S/C18H18N2O/c21-18(13-6-2-1-3-7-13)10-16-14-8-4-5-9-15(14)17-11-19-12-20(16)17/h1-9,12,16-18,21H,10-11H2. The fraction of sp³-hybridized carbons (Fsp3) is 0.278. The van der Waals surface area contributed by atoms with E-state index in [1.807, 2.05) is 36.7 Å². The Morgan fingerprint density at radius 2 is 1.76 bits per heavy atom. The Morgan fingerprint density at radius 1 is 1.05 bits per heavy atom. The molecule has 3 nitrogen and oxygen atoms in total.